The number of hydrogen-bond donors (Lipinski definition) is 3. The minimum Gasteiger partial charge on any atom is -0.462 e. The van der Waals surface area contributed by atoms with Crippen molar-refractivity contribution in [3.05, 3.63) is 60.8 Å². The molecule has 0 rings (SSSR count). The van der Waals surface area contributed by atoms with Gasteiger partial charge in [0.15, 0.2) is 0 Å². The largest absolute Gasteiger partial charge is 0.462 e. The lowest BCUT2D eigenvalue weighted by molar-refractivity contribution is -0.151. The first-order valence-electron chi connectivity index (χ1n) is 26.5. The summed E-state index contributed by atoms with van der Waals surface area (Å²) in [4.78, 5) is 26.2. The lowest BCUT2D eigenvalue weighted by Gasteiger charge is -2.24. The van der Waals surface area contributed by atoms with Gasteiger partial charge in [0, 0.05) is 6.42 Å². The highest BCUT2D eigenvalue weighted by Gasteiger charge is 2.24. The van der Waals surface area contributed by atoms with Crippen LogP contribution in [0, 0.1) is 0 Å². The Morgan fingerprint density at radius 3 is 1.47 bits per heavy atom. The third kappa shape index (κ3) is 44.2. The smallest absolute Gasteiger partial charge is 0.306 e. The van der Waals surface area contributed by atoms with Crippen molar-refractivity contribution in [2.75, 3.05) is 6.61 Å². The summed E-state index contributed by atoms with van der Waals surface area (Å²) in [6.07, 6.45) is 61.3. The quantitative estimate of drug-likeness (QED) is 0.0245. The molecule has 0 saturated heterocycles. The van der Waals surface area contributed by atoms with Gasteiger partial charge in [-0.15, -0.1) is 0 Å². The van der Waals surface area contributed by atoms with E-state index in [4.69, 9.17) is 4.74 Å². The maximum atomic E-state index is 13.2. The molecule has 0 aromatic rings. The van der Waals surface area contributed by atoms with Crippen molar-refractivity contribution in [2.45, 2.75) is 277 Å². The topological polar surface area (TPSA) is 95.9 Å². The number of amides is 1. The van der Waals surface area contributed by atoms with E-state index in [-0.39, 0.29) is 24.9 Å². The van der Waals surface area contributed by atoms with Crippen LogP contribution < -0.4 is 5.32 Å². The Labute approximate surface area is 384 Å². The molecule has 62 heavy (non-hydrogen) atoms. The second kappa shape index (κ2) is 49.6. The number of allylic oxidation sites excluding steroid dienone is 10. The van der Waals surface area contributed by atoms with Gasteiger partial charge < -0.3 is 20.3 Å². The molecule has 6 heteroatoms. The number of aliphatic hydroxyl groups is 2. The van der Waals surface area contributed by atoms with Crippen molar-refractivity contribution in [1.29, 1.82) is 0 Å². The van der Waals surface area contributed by atoms with Crippen molar-refractivity contribution >= 4 is 11.9 Å². The van der Waals surface area contributed by atoms with Crippen LogP contribution >= 0.6 is 0 Å². The first-order valence-corrected chi connectivity index (χ1v) is 26.5. The van der Waals surface area contributed by atoms with E-state index >= 15 is 0 Å². The Kier molecular flexibility index (Phi) is 47.6. The van der Waals surface area contributed by atoms with Gasteiger partial charge in [0.05, 0.1) is 25.2 Å². The highest BCUT2D eigenvalue weighted by Crippen LogP contribution is 2.18. The summed E-state index contributed by atoms with van der Waals surface area (Å²) in [6.45, 7) is 6.33. The summed E-state index contributed by atoms with van der Waals surface area (Å²) in [5.41, 5.74) is 0. The number of esters is 1. The molecule has 3 unspecified atom stereocenters. The summed E-state index contributed by atoms with van der Waals surface area (Å²) in [6, 6.07) is -0.710. The van der Waals surface area contributed by atoms with Crippen LogP contribution in [0.3, 0.4) is 0 Å². The van der Waals surface area contributed by atoms with Crippen LogP contribution in [0.5, 0.6) is 0 Å². The molecule has 360 valence electrons. The molecular formula is C56H101NO5. The maximum absolute atomic E-state index is 13.2. The Balaban J connectivity index is 4.62. The second-order valence-electron chi connectivity index (χ2n) is 18.0. The van der Waals surface area contributed by atoms with Crippen molar-refractivity contribution in [3.63, 3.8) is 0 Å². The van der Waals surface area contributed by atoms with Gasteiger partial charge in [-0.05, 0) is 77.0 Å². The maximum Gasteiger partial charge on any atom is 0.306 e. The fourth-order valence-corrected chi connectivity index (χ4v) is 7.87. The molecule has 0 radical (unpaired) electrons. The van der Waals surface area contributed by atoms with Crippen LogP contribution in [0.1, 0.15) is 258 Å². The van der Waals surface area contributed by atoms with Crippen LogP contribution in [0.2, 0.25) is 0 Å². The number of hydrogen-bond acceptors (Lipinski definition) is 5. The molecule has 0 aliphatic heterocycles. The van der Waals surface area contributed by atoms with Crippen LogP contribution in [0.25, 0.3) is 0 Å². The summed E-state index contributed by atoms with van der Waals surface area (Å²) in [7, 11) is 0. The number of rotatable bonds is 47. The van der Waals surface area contributed by atoms with Gasteiger partial charge in [-0.25, -0.2) is 0 Å². The molecule has 3 atom stereocenters. The molecule has 6 nitrogen and oxygen atoms in total. The molecular weight excluding hydrogens is 767 g/mol. The Morgan fingerprint density at radius 1 is 0.500 bits per heavy atom. The first kappa shape index (κ1) is 59.6. The van der Waals surface area contributed by atoms with E-state index in [0.717, 1.165) is 83.5 Å². The summed E-state index contributed by atoms with van der Waals surface area (Å²) < 4.78 is 5.93. The lowest BCUT2D eigenvalue weighted by Crippen LogP contribution is -2.46. The Hall–Kier alpha value is -2.44. The number of carbonyl (C=O) groups is 2. The van der Waals surface area contributed by atoms with Crippen molar-refractivity contribution in [1.82, 2.24) is 5.32 Å². The normalized spacial score (nSPS) is 13.7. The van der Waals surface area contributed by atoms with Crippen LogP contribution in [-0.4, -0.2) is 46.9 Å². The van der Waals surface area contributed by atoms with Crippen molar-refractivity contribution in [3.8, 4) is 0 Å². The number of ether oxygens (including phenoxy) is 1. The average molecular weight is 868 g/mol. The Morgan fingerprint density at radius 2 is 0.935 bits per heavy atom. The minimum atomic E-state index is -0.795. The van der Waals surface area contributed by atoms with Crippen LogP contribution in [-0.2, 0) is 14.3 Å². The Bertz CT molecular complexity index is 1110. The number of aliphatic hydroxyl groups excluding tert-OH is 2. The van der Waals surface area contributed by atoms with Gasteiger partial charge in [0.2, 0.25) is 5.91 Å². The highest BCUT2D eigenvalue weighted by molar-refractivity contribution is 5.77. The van der Waals surface area contributed by atoms with E-state index in [1.54, 1.807) is 0 Å². The van der Waals surface area contributed by atoms with E-state index in [9.17, 15) is 19.8 Å². The zero-order valence-electron chi connectivity index (χ0n) is 41.0. The zero-order chi connectivity index (χ0) is 45.2. The summed E-state index contributed by atoms with van der Waals surface area (Å²) >= 11 is 0. The zero-order valence-corrected chi connectivity index (χ0v) is 41.0. The van der Waals surface area contributed by atoms with E-state index in [2.05, 4.69) is 86.8 Å². The van der Waals surface area contributed by atoms with Gasteiger partial charge in [-0.3, -0.25) is 9.59 Å². The molecule has 3 N–H and O–H groups in total. The third-order valence-electron chi connectivity index (χ3n) is 11.9. The van der Waals surface area contributed by atoms with Gasteiger partial charge >= 0.3 is 5.97 Å². The van der Waals surface area contributed by atoms with E-state index in [0.29, 0.717) is 19.3 Å². The predicted molar refractivity (Wildman–Crippen MR) is 268 cm³/mol. The second-order valence-corrected chi connectivity index (χ2v) is 18.0. The average Bonchev–Trinajstić information content (AvgIpc) is 3.26. The summed E-state index contributed by atoms with van der Waals surface area (Å²) in [5, 5.41) is 23.8. The minimum absolute atomic E-state index is 0.0624. The molecule has 1 amide bonds. The van der Waals surface area contributed by atoms with Crippen LogP contribution in [0.15, 0.2) is 60.8 Å². The first-order chi connectivity index (χ1) is 30.5. The molecule has 0 fully saturated rings. The molecule has 0 aliphatic rings. The third-order valence-corrected chi connectivity index (χ3v) is 11.9. The van der Waals surface area contributed by atoms with Gasteiger partial charge in [0.25, 0.3) is 0 Å². The molecule has 0 aromatic carbocycles. The fraction of sp³-hybridized carbons (Fsp3) is 0.786. The monoisotopic (exact) mass is 868 g/mol. The van der Waals surface area contributed by atoms with Crippen molar-refractivity contribution < 1.29 is 24.5 Å². The highest BCUT2D eigenvalue weighted by atomic mass is 16.5. The predicted octanol–water partition coefficient (Wildman–Crippen LogP) is 16.0. The van der Waals surface area contributed by atoms with Crippen LogP contribution in [0.4, 0.5) is 0 Å². The standard InChI is InChI=1S/C56H101NO5/c1-4-7-10-13-16-19-22-25-27-30-32-35-38-41-44-47-52(62-56(61)49-46-43-40-37-34-31-28-26-23-20-17-14-11-8-5-2)50-55(60)57-53(51-58)54(59)48-45-42-39-36-33-29-24-21-18-15-12-9-6-3/h8,11,14,16-17,19-20,23,25,27,52-54,58-59H,4-7,9-10,12-13,15,18,21-22,24,26,28-51H2,1-3H3,(H,57,60)/b11-8+,17-14+,19-16-,23-20+,27-25-. The van der Waals surface area contributed by atoms with Gasteiger partial charge in [-0.1, -0.05) is 229 Å². The van der Waals surface area contributed by atoms with E-state index in [1.807, 2.05) is 0 Å². The number of nitrogens with one attached hydrogen (secondary N) is 1. The SMILES string of the molecule is CC/C=C/C=C/C=C/CCCCCCCCCC(=O)OC(CCCCCCC/C=C\C/C=C\CCCCC)CC(=O)NC(CO)C(O)CCCCCCCCCCCCCCC. The van der Waals surface area contributed by atoms with E-state index in [1.165, 1.54) is 128 Å². The number of unbranched alkanes of at least 4 members (excludes halogenated alkanes) is 27. The fourth-order valence-electron chi connectivity index (χ4n) is 7.87. The van der Waals surface area contributed by atoms with Crippen molar-refractivity contribution in [2.24, 2.45) is 0 Å². The lowest BCUT2D eigenvalue weighted by atomic mass is 10.0. The molecule has 0 bridgehead atoms. The van der Waals surface area contributed by atoms with Gasteiger partial charge in [-0.2, -0.15) is 0 Å². The molecule has 0 aliphatic carbocycles. The number of carbonyl (C=O) groups excluding carboxylic acids is 2. The van der Waals surface area contributed by atoms with Gasteiger partial charge in [0.1, 0.15) is 6.10 Å². The molecule has 0 aromatic heterocycles. The molecule has 0 heterocycles. The summed E-state index contributed by atoms with van der Waals surface area (Å²) in [5.74, 6) is -0.498. The molecule has 0 spiro atoms. The molecule has 0 saturated carbocycles. The van der Waals surface area contributed by atoms with E-state index < -0.39 is 18.2 Å².